The first-order chi connectivity index (χ1) is 10.2. The number of nitrogens with one attached hydrogen (secondary N) is 1. The van der Waals surface area contributed by atoms with Crippen LogP contribution in [-0.4, -0.2) is 41.7 Å². The van der Waals surface area contributed by atoms with E-state index in [1.807, 2.05) is 11.3 Å². The number of rotatable bonds is 6. The third-order valence-electron chi connectivity index (χ3n) is 4.69. The topological polar surface area (TPSA) is 52.6 Å². The van der Waals surface area contributed by atoms with Gasteiger partial charge in [0.15, 0.2) is 0 Å². The van der Waals surface area contributed by atoms with E-state index in [4.69, 9.17) is 5.11 Å². The molecule has 2 heterocycles. The van der Waals surface area contributed by atoms with Crippen LogP contribution in [0.25, 0.3) is 0 Å². The minimum absolute atomic E-state index is 0.0118. The number of likely N-dealkylation sites (tertiary alicyclic amines) is 1. The summed E-state index contributed by atoms with van der Waals surface area (Å²) in [6, 6.07) is 2.44. The lowest BCUT2D eigenvalue weighted by Crippen LogP contribution is -2.41. The molecule has 21 heavy (non-hydrogen) atoms. The summed E-state index contributed by atoms with van der Waals surface area (Å²) in [5.41, 5.74) is 1.37. The van der Waals surface area contributed by atoms with Crippen molar-refractivity contribution in [3.8, 4) is 0 Å². The third-order valence-corrected chi connectivity index (χ3v) is 5.70. The van der Waals surface area contributed by atoms with Crippen LogP contribution >= 0.6 is 11.3 Å². The van der Waals surface area contributed by atoms with Gasteiger partial charge >= 0.3 is 0 Å². The van der Waals surface area contributed by atoms with Crippen LogP contribution in [0.3, 0.4) is 0 Å². The second-order valence-corrected chi connectivity index (χ2v) is 7.37. The summed E-state index contributed by atoms with van der Waals surface area (Å²) >= 11 is 1.82. The number of thiophene rings is 1. The fourth-order valence-electron chi connectivity index (χ4n) is 3.35. The molecule has 1 saturated heterocycles. The van der Waals surface area contributed by atoms with E-state index in [9.17, 15) is 4.79 Å². The summed E-state index contributed by atoms with van der Waals surface area (Å²) in [6.07, 6.45) is 2.84. The van der Waals surface area contributed by atoms with Crippen LogP contribution in [0.4, 0.5) is 0 Å². The maximum Gasteiger partial charge on any atom is 0.222 e. The highest BCUT2D eigenvalue weighted by atomic mass is 32.1. The standard InChI is InChI=1S/C16H24N2O2S/c1-11-5-7-21-15(11)10-18-8-13(12-2-3-12)14(9-18)17-16(20)4-6-19/h5,7,12-14,19H,2-4,6,8-10H2,1H3,(H,17,20). The van der Waals surface area contributed by atoms with Gasteiger partial charge < -0.3 is 10.4 Å². The average molecular weight is 308 g/mol. The molecule has 0 aromatic carbocycles. The molecule has 2 fully saturated rings. The lowest BCUT2D eigenvalue weighted by molar-refractivity contribution is -0.122. The smallest absolute Gasteiger partial charge is 0.222 e. The first kappa shape index (κ1) is 15.0. The number of carbonyl (C=O) groups excluding carboxylic acids is 1. The molecule has 1 aliphatic heterocycles. The zero-order valence-corrected chi connectivity index (χ0v) is 13.4. The van der Waals surface area contributed by atoms with Crippen LogP contribution in [0.15, 0.2) is 11.4 Å². The summed E-state index contributed by atoms with van der Waals surface area (Å²) in [5, 5.41) is 14.2. The third kappa shape index (κ3) is 3.65. The first-order valence-corrected chi connectivity index (χ1v) is 8.71. The summed E-state index contributed by atoms with van der Waals surface area (Å²) in [6.45, 7) is 5.13. The molecule has 116 valence electrons. The van der Waals surface area contributed by atoms with E-state index >= 15 is 0 Å². The molecular formula is C16H24N2O2S. The van der Waals surface area contributed by atoms with Crippen molar-refractivity contribution in [3.63, 3.8) is 0 Å². The molecular weight excluding hydrogens is 284 g/mol. The molecule has 3 rings (SSSR count). The van der Waals surface area contributed by atoms with E-state index in [2.05, 4.69) is 28.6 Å². The first-order valence-electron chi connectivity index (χ1n) is 7.83. The average Bonchev–Trinajstić information content (AvgIpc) is 3.10. The number of aliphatic hydroxyl groups excluding tert-OH is 1. The predicted octanol–water partition coefficient (Wildman–Crippen LogP) is 1.77. The van der Waals surface area contributed by atoms with Gasteiger partial charge in [-0.3, -0.25) is 9.69 Å². The van der Waals surface area contributed by atoms with Gasteiger partial charge in [-0.05, 0) is 48.6 Å². The molecule has 2 aliphatic rings. The largest absolute Gasteiger partial charge is 0.396 e. The van der Waals surface area contributed by atoms with Crippen molar-refractivity contribution in [2.24, 2.45) is 11.8 Å². The number of amides is 1. The van der Waals surface area contributed by atoms with Gasteiger partial charge in [0.25, 0.3) is 0 Å². The van der Waals surface area contributed by atoms with Gasteiger partial charge in [-0.2, -0.15) is 0 Å². The lowest BCUT2D eigenvalue weighted by Gasteiger charge is -2.19. The van der Waals surface area contributed by atoms with Crippen molar-refractivity contribution in [2.75, 3.05) is 19.7 Å². The lowest BCUT2D eigenvalue weighted by atomic mass is 9.98. The number of hydrogen-bond donors (Lipinski definition) is 2. The number of aliphatic hydroxyl groups is 1. The van der Waals surface area contributed by atoms with Crippen molar-refractivity contribution >= 4 is 17.2 Å². The summed E-state index contributed by atoms with van der Waals surface area (Å²) < 4.78 is 0. The zero-order chi connectivity index (χ0) is 14.8. The maximum atomic E-state index is 11.8. The Morgan fingerprint density at radius 2 is 2.29 bits per heavy atom. The Bertz CT molecular complexity index is 498. The Morgan fingerprint density at radius 3 is 2.90 bits per heavy atom. The van der Waals surface area contributed by atoms with E-state index < -0.39 is 0 Å². The summed E-state index contributed by atoms with van der Waals surface area (Å²) in [5.74, 6) is 1.37. The normalized spacial score (nSPS) is 26.2. The van der Waals surface area contributed by atoms with Crippen molar-refractivity contribution in [1.82, 2.24) is 10.2 Å². The fraction of sp³-hybridized carbons (Fsp3) is 0.688. The number of hydrogen-bond acceptors (Lipinski definition) is 4. The van der Waals surface area contributed by atoms with Crippen molar-refractivity contribution in [2.45, 2.75) is 38.8 Å². The fourth-order valence-corrected chi connectivity index (χ4v) is 4.29. The van der Waals surface area contributed by atoms with Crippen LogP contribution in [0, 0.1) is 18.8 Å². The number of nitrogens with zero attached hydrogens (tertiary/aromatic N) is 1. The summed E-state index contributed by atoms with van der Waals surface area (Å²) in [4.78, 5) is 15.7. The predicted molar refractivity (Wildman–Crippen MR) is 84.2 cm³/mol. The quantitative estimate of drug-likeness (QED) is 0.842. The Morgan fingerprint density at radius 1 is 1.48 bits per heavy atom. The summed E-state index contributed by atoms with van der Waals surface area (Å²) in [7, 11) is 0. The van der Waals surface area contributed by atoms with Crippen molar-refractivity contribution in [1.29, 1.82) is 0 Å². The molecule has 5 heteroatoms. The van der Waals surface area contributed by atoms with Crippen LogP contribution in [0.5, 0.6) is 0 Å². The molecule has 1 saturated carbocycles. The minimum Gasteiger partial charge on any atom is -0.396 e. The molecule has 1 aromatic heterocycles. The van der Waals surface area contributed by atoms with Crippen molar-refractivity contribution < 1.29 is 9.90 Å². The molecule has 2 unspecified atom stereocenters. The zero-order valence-electron chi connectivity index (χ0n) is 12.5. The molecule has 1 amide bonds. The number of carbonyl (C=O) groups is 1. The minimum atomic E-state index is -0.0647. The Kier molecular flexibility index (Phi) is 4.62. The molecule has 2 N–H and O–H groups in total. The van der Waals surface area contributed by atoms with Gasteiger partial charge in [0.1, 0.15) is 0 Å². The van der Waals surface area contributed by atoms with E-state index in [1.165, 1.54) is 23.3 Å². The SMILES string of the molecule is Cc1ccsc1CN1CC(NC(=O)CCO)C(C2CC2)C1. The van der Waals surface area contributed by atoms with Crippen LogP contribution in [0.2, 0.25) is 0 Å². The monoisotopic (exact) mass is 308 g/mol. The highest BCUT2D eigenvalue weighted by Gasteiger charge is 2.42. The number of aryl methyl sites for hydroxylation is 1. The van der Waals surface area contributed by atoms with Gasteiger partial charge in [-0.25, -0.2) is 0 Å². The van der Waals surface area contributed by atoms with Gasteiger partial charge in [0.2, 0.25) is 5.91 Å². The Labute approximate surface area is 130 Å². The van der Waals surface area contributed by atoms with Gasteiger partial charge in [0, 0.05) is 37.0 Å². The van der Waals surface area contributed by atoms with E-state index in [-0.39, 0.29) is 25.0 Å². The van der Waals surface area contributed by atoms with Crippen LogP contribution in [0.1, 0.15) is 29.7 Å². The van der Waals surface area contributed by atoms with Gasteiger partial charge in [0.05, 0.1) is 6.61 Å². The molecule has 0 spiro atoms. The van der Waals surface area contributed by atoms with Crippen LogP contribution in [-0.2, 0) is 11.3 Å². The second-order valence-electron chi connectivity index (χ2n) is 6.37. The highest BCUT2D eigenvalue weighted by molar-refractivity contribution is 7.10. The molecule has 1 aliphatic carbocycles. The van der Waals surface area contributed by atoms with E-state index in [1.54, 1.807) is 0 Å². The van der Waals surface area contributed by atoms with Crippen molar-refractivity contribution in [3.05, 3.63) is 21.9 Å². The Hall–Kier alpha value is -0.910. The van der Waals surface area contributed by atoms with Crippen LogP contribution < -0.4 is 5.32 Å². The van der Waals surface area contributed by atoms with E-state index in [0.29, 0.717) is 5.92 Å². The molecule has 1 aromatic rings. The van der Waals surface area contributed by atoms with E-state index in [0.717, 1.165) is 25.6 Å². The molecule has 0 radical (unpaired) electrons. The second kappa shape index (κ2) is 6.46. The maximum absolute atomic E-state index is 11.8. The van der Waals surface area contributed by atoms with Gasteiger partial charge in [-0.15, -0.1) is 11.3 Å². The highest BCUT2D eigenvalue weighted by Crippen LogP contribution is 2.42. The van der Waals surface area contributed by atoms with Gasteiger partial charge in [-0.1, -0.05) is 0 Å². The Balaban J connectivity index is 1.61. The molecule has 4 nitrogen and oxygen atoms in total. The molecule has 0 bridgehead atoms. The molecule has 2 atom stereocenters.